The lowest BCUT2D eigenvalue weighted by Crippen LogP contribution is -2.24. The van der Waals surface area contributed by atoms with Crippen molar-refractivity contribution in [2.24, 2.45) is 10.8 Å². The van der Waals surface area contributed by atoms with E-state index >= 15 is 0 Å². The Morgan fingerprint density at radius 1 is 1.69 bits per heavy atom. The first kappa shape index (κ1) is 11.2. The molecule has 70 valence electrons. The molecule has 0 radical (unpaired) electrons. The molecule has 4 heteroatoms. The average molecular weight is 179 g/mol. The van der Waals surface area contributed by atoms with Gasteiger partial charge in [0, 0.05) is 12.6 Å². The Bertz CT molecular complexity index is 258. The third kappa shape index (κ3) is 10.2. The first-order valence-corrected chi connectivity index (χ1v) is 3.94. The van der Waals surface area contributed by atoms with Crippen LogP contribution in [0.1, 0.15) is 19.8 Å². The van der Waals surface area contributed by atoms with E-state index in [4.69, 9.17) is 5.73 Å². The zero-order chi connectivity index (χ0) is 9.94. The van der Waals surface area contributed by atoms with Gasteiger partial charge in [-0.25, -0.2) is 10.2 Å². The van der Waals surface area contributed by atoms with Crippen LogP contribution in [0.5, 0.6) is 0 Å². The topological polar surface area (TPSA) is 67.5 Å². The molecule has 3 N–H and O–H groups in total. The second-order valence-corrected chi connectivity index (χ2v) is 2.15. The van der Waals surface area contributed by atoms with Crippen LogP contribution in [0.25, 0.3) is 0 Å². The molecule has 2 amide bonds. The van der Waals surface area contributed by atoms with Crippen molar-refractivity contribution in [2.45, 2.75) is 19.8 Å². The minimum absolute atomic E-state index is 0.656. The molecule has 4 nitrogen and oxygen atoms in total. The van der Waals surface area contributed by atoms with Gasteiger partial charge in [-0.1, -0.05) is 17.9 Å². The van der Waals surface area contributed by atoms with Gasteiger partial charge in [0.25, 0.3) is 0 Å². The fourth-order valence-corrected chi connectivity index (χ4v) is 0.525. The second-order valence-electron chi connectivity index (χ2n) is 2.15. The molecule has 0 aromatic heterocycles. The highest BCUT2D eigenvalue weighted by atomic mass is 16.2. The number of hydrogen-bond acceptors (Lipinski definition) is 2. The summed E-state index contributed by atoms with van der Waals surface area (Å²) in [6.07, 6.45) is 6.63. The van der Waals surface area contributed by atoms with Gasteiger partial charge in [0.2, 0.25) is 0 Å². The molecule has 0 rings (SSSR count). The largest absolute Gasteiger partial charge is 0.350 e. The Morgan fingerprint density at radius 3 is 3.08 bits per heavy atom. The summed E-state index contributed by atoms with van der Waals surface area (Å²) in [5.41, 5.74) is 6.87. The monoisotopic (exact) mass is 179 g/mol. The fourth-order valence-electron chi connectivity index (χ4n) is 0.525. The van der Waals surface area contributed by atoms with E-state index in [2.05, 4.69) is 22.4 Å². The number of allylic oxidation sites excluding steroid dienone is 2. The van der Waals surface area contributed by atoms with E-state index in [0.717, 1.165) is 0 Å². The standard InChI is InChI=1S/C9H13N3O/c1-2-3-4-5-6-7-8-11-12-9(10)13/h2-3,8H,6-7H2,1H3,(H3,10,12,13)/b3-2-,11-8+. The van der Waals surface area contributed by atoms with Crippen LogP contribution < -0.4 is 11.2 Å². The summed E-state index contributed by atoms with van der Waals surface area (Å²) in [7, 11) is 0. The molecule has 0 saturated carbocycles. The molecule has 0 aromatic carbocycles. The van der Waals surface area contributed by atoms with Crippen molar-refractivity contribution in [3.8, 4) is 11.8 Å². The van der Waals surface area contributed by atoms with Gasteiger partial charge in [0.1, 0.15) is 0 Å². The van der Waals surface area contributed by atoms with Crippen molar-refractivity contribution in [3.05, 3.63) is 12.2 Å². The summed E-state index contributed by atoms with van der Waals surface area (Å²) in [4.78, 5) is 10.1. The fraction of sp³-hybridized carbons (Fsp3) is 0.333. The highest BCUT2D eigenvalue weighted by Gasteiger charge is 1.82. The third-order valence-corrected chi connectivity index (χ3v) is 1.02. The lowest BCUT2D eigenvalue weighted by Gasteiger charge is -1.88. The number of nitrogens with one attached hydrogen (secondary N) is 1. The number of urea groups is 1. The molecule has 0 fully saturated rings. The zero-order valence-electron chi connectivity index (χ0n) is 7.58. The van der Waals surface area contributed by atoms with Crippen LogP contribution >= 0.6 is 0 Å². The number of nitrogens with zero attached hydrogens (tertiary/aromatic N) is 1. The molecule has 13 heavy (non-hydrogen) atoms. The number of rotatable bonds is 3. The van der Waals surface area contributed by atoms with Crippen LogP contribution in [-0.2, 0) is 0 Å². The molecule has 0 spiro atoms. The third-order valence-electron chi connectivity index (χ3n) is 1.02. The number of hydrogen-bond donors (Lipinski definition) is 2. The van der Waals surface area contributed by atoms with Crippen molar-refractivity contribution >= 4 is 12.2 Å². The van der Waals surface area contributed by atoms with Gasteiger partial charge in [-0.05, 0) is 19.4 Å². The van der Waals surface area contributed by atoms with E-state index in [1.807, 2.05) is 13.0 Å². The van der Waals surface area contributed by atoms with E-state index in [1.165, 1.54) is 0 Å². The van der Waals surface area contributed by atoms with Gasteiger partial charge < -0.3 is 5.73 Å². The van der Waals surface area contributed by atoms with Crippen LogP contribution in [0.15, 0.2) is 17.3 Å². The SMILES string of the molecule is C/C=C\C#CCC/C=N/NC(N)=O. The number of unbranched alkanes of at least 4 members (excludes halogenated alkanes) is 1. The Labute approximate surface area is 77.9 Å². The normalized spacial score (nSPS) is 9.92. The predicted molar refractivity (Wildman–Crippen MR) is 53.0 cm³/mol. The highest BCUT2D eigenvalue weighted by Crippen LogP contribution is 1.81. The summed E-state index contributed by atoms with van der Waals surface area (Å²) >= 11 is 0. The first-order chi connectivity index (χ1) is 6.27. The van der Waals surface area contributed by atoms with Crippen LogP contribution in [-0.4, -0.2) is 12.2 Å². The van der Waals surface area contributed by atoms with Crippen LogP contribution in [0.3, 0.4) is 0 Å². The quantitative estimate of drug-likeness (QED) is 0.288. The Morgan fingerprint density at radius 2 is 2.46 bits per heavy atom. The maximum atomic E-state index is 10.1. The van der Waals surface area contributed by atoms with Crippen molar-refractivity contribution in [1.82, 2.24) is 5.43 Å². The second kappa shape index (κ2) is 8.34. The molecule has 0 aliphatic carbocycles. The minimum Gasteiger partial charge on any atom is -0.350 e. The molecule has 0 atom stereocenters. The summed E-state index contributed by atoms with van der Waals surface area (Å²) in [5.74, 6) is 5.73. The first-order valence-electron chi connectivity index (χ1n) is 3.94. The lowest BCUT2D eigenvalue weighted by molar-refractivity contribution is 0.249. The number of carbonyl (C=O) groups is 1. The molecular formula is C9H13N3O. The van der Waals surface area contributed by atoms with E-state index < -0.39 is 6.03 Å². The number of nitrogens with two attached hydrogens (primary N) is 1. The van der Waals surface area contributed by atoms with Crippen LogP contribution in [0.2, 0.25) is 0 Å². The maximum Gasteiger partial charge on any atom is 0.332 e. The summed E-state index contributed by atoms with van der Waals surface area (Å²) < 4.78 is 0. The van der Waals surface area contributed by atoms with Gasteiger partial charge in [-0.2, -0.15) is 5.10 Å². The maximum absolute atomic E-state index is 10.1. The van der Waals surface area contributed by atoms with Gasteiger partial charge in [0.15, 0.2) is 0 Å². The average Bonchev–Trinajstić information content (AvgIpc) is 2.09. The van der Waals surface area contributed by atoms with Gasteiger partial charge >= 0.3 is 6.03 Å². The molecule has 0 saturated heterocycles. The molecule has 0 aromatic rings. The van der Waals surface area contributed by atoms with Crippen molar-refractivity contribution in [2.75, 3.05) is 0 Å². The predicted octanol–water partition coefficient (Wildman–Crippen LogP) is 1.00. The molecular weight excluding hydrogens is 166 g/mol. The van der Waals surface area contributed by atoms with E-state index in [9.17, 15) is 4.79 Å². The number of amides is 2. The van der Waals surface area contributed by atoms with Gasteiger partial charge in [-0.3, -0.25) is 0 Å². The lowest BCUT2D eigenvalue weighted by atomic mass is 10.3. The Hall–Kier alpha value is -1.76. The van der Waals surface area contributed by atoms with Gasteiger partial charge in [0.05, 0.1) is 0 Å². The van der Waals surface area contributed by atoms with E-state index in [1.54, 1.807) is 12.3 Å². The summed E-state index contributed by atoms with van der Waals surface area (Å²) in [5, 5.41) is 3.55. The summed E-state index contributed by atoms with van der Waals surface area (Å²) in [6.45, 7) is 1.91. The van der Waals surface area contributed by atoms with Crippen molar-refractivity contribution in [3.63, 3.8) is 0 Å². The van der Waals surface area contributed by atoms with Gasteiger partial charge in [-0.15, -0.1) is 0 Å². The number of carbonyl (C=O) groups excluding carboxylic acids is 1. The molecule has 0 aliphatic heterocycles. The Balaban J connectivity index is 3.41. The highest BCUT2D eigenvalue weighted by molar-refractivity contribution is 5.72. The van der Waals surface area contributed by atoms with Crippen LogP contribution in [0.4, 0.5) is 4.79 Å². The zero-order valence-corrected chi connectivity index (χ0v) is 7.58. The van der Waals surface area contributed by atoms with Crippen molar-refractivity contribution < 1.29 is 4.79 Å². The van der Waals surface area contributed by atoms with E-state index in [0.29, 0.717) is 12.8 Å². The Kier molecular flexibility index (Phi) is 7.21. The summed E-state index contributed by atoms with van der Waals surface area (Å²) in [6, 6.07) is -0.656. The van der Waals surface area contributed by atoms with Crippen molar-refractivity contribution in [1.29, 1.82) is 0 Å². The minimum atomic E-state index is -0.656. The molecule has 0 unspecified atom stereocenters. The molecule has 0 bridgehead atoms. The number of hydrazone groups is 1. The molecule has 0 aliphatic rings. The number of primary amides is 1. The van der Waals surface area contributed by atoms with Crippen LogP contribution in [0, 0.1) is 11.8 Å². The van der Waals surface area contributed by atoms with E-state index in [-0.39, 0.29) is 0 Å². The smallest absolute Gasteiger partial charge is 0.332 e. The molecule has 0 heterocycles.